The molecule has 1 aliphatic rings. The van der Waals surface area contributed by atoms with Crippen LogP contribution in [0.3, 0.4) is 0 Å². The van der Waals surface area contributed by atoms with Crippen molar-refractivity contribution in [1.82, 2.24) is 19.7 Å². The van der Waals surface area contributed by atoms with Crippen LogP contribution in [0.5, 0.6) is 0 Å². The van der Waals surface area contributed by atoms with E-state index in [1.807, 2.05) is 30.9 Å². The van der Waals surface area contributed by atoms with Gasteiger partial charge in [-0.05, 0) is 38.8 Å². The van der Waals surface area contributed by atoms with Gasteiger partial charge in [-0.15, -0.1) is 0 Å². The normalized spacial score (nSPS) is 21.4. The van der Waals surface area contributed by atoms with Gasteiger partial charge in [0.1, 0.15) is 0 Å². The summed E-state index contributed by atoms with van der Waals surface area (Å²) in [6.07, 6.45) is 5.90. The van der Waals surface area contributed by atoms with E-state index in [1.165, 1.54) is 5.56 Å². The Morgan fingerprint density at radius 2 is 2.04 bits per heavy atom. The minimum Gasteiger partial charge on any atom is -0.396 e. The first kappa shape index (κ1) is 15.9. The zero-order valence-electron chi connectivity index (χ0n) is 14.3. The van der Waals surface area contributed by atoms with Crippen LogP contribution in [-0.2, 0) is 0 Å². The van der Waals surface area contributed by atoms with E-state index in [-0.39, 0.29) is 18.4 Å². The molecule has 0 saturated carbocycles. The fraction of sp³-hybridized carbons (Fsp3) is 0.588. The highest BCUT2D eigenvalue weighted by Crippen LogP contribution is 2.34. The quantitative estimate of drug-likeness (QED) is 0.935. The Hall–Kier alpha value is -1.95. The fourth-order valence-corrected chi connectivity index (χ4v) is 3.09. The van der Waals surface area contributed by atoms with Crippen LogP contribution in [0.1, 0.15) is 42.6 Å². The summed E-state index contributed by atoms with van der Waals surface area (Å²) in [5, 5.41) is 14.2. The Labute approximate surface area is 137 Å². The Kier molecular flexibility index (Phi) is 4.35. The molecule has 1 N–H and O–H groups in total. The number of aliphatic hydroxyl groups is 1. The zero-order valence-corrected chi connectivity index (χ0v) is 14.3. The van der Waals surface area contributed by atoms with E-state index in [4.69, 9.17) is 0 Å². The van der Waals surface area contributed by atoms with Crippen molar-refractivity contribution in [3.8, 4) is 0 Å². The van der Waals surface area contributed by atoms with Crippen LogP contribution in [0.25, 0.3) is 0 Å². The number of aromatic nitrogens is 4. The van der Waals surface area contributed by atoms with Crippen LogP contribution in [0.2, 0.25) is 0 Å². The van der Waals surface area contributed by atoms with Crippen LogP contribution in [-0.4, -0.2) is 44.6 Å². The smallest absolute Gasteiger partial charge is 0.225 e. The van der Waals surface area contributed by atoms with Gasteiger partial charge in [-0.3, -0.25) is 4.68 Å². The monoisotopic (exact) mass is 315 g/mol. The third-order valence-electron chi connectivity index (χ3n) is 4.75. The number of aliphatic hydroxyl groups excluding tert-OH is 1. The Bertz CT molecular complexity index is 681. The third kappa shape index (κ3) is 3.08. The molecule has 3 heterocycles. The highest BCUT2D eigenvalue weighted by atomic mass is 16.3. The topological polar surface area (TPSA) is 67.1 Å². The summed E-state index contributed by atoms with van der Waals surface area (Å²) in [5.74, 6) is 1.20. The summed E-state index contributed by atoms with van der Waals surface area (Å²) in [7, 11) is 0. The minimum atomic E-state index is 0.166. The maximum absolute atomic E-state index is 9.78. The van der Waals surface area contributed by atoms with Gasteiger partial charge in [0.05, 0.1) is 6.20 Å². The second-order valence-corrected chi connectivity index (χ2v) is 6.74. The molecule has 0 amide bonds. The first-order valence-corrected chi connectivity index (χ1v) is 8.19. The number of nitrogens with zero attached hydrogens (tertiary/aromatic N) is 5. The molecule has 2 atom stereocenters. The van der Waals surface area contributed by atoms with Crippen molar-refractivity contribution in [3.05, 3.63) is 35.4 Å². The van der Waals surface area contributed by atoms with Gasteiger partial charge in [0, 0.05) is 55.7 Å². The Balaban J connectivity index is 1.83. The number of rotatable bonds is 4. The molecule has 0 aromatic carbocycles. The fourth-order valence-electron chi connectivity index (χ4n) is 3.09. The van der Waals surface area contributed by atoms with Gasteiger partial charge in [-0.2, -0.15) is 5.10 Å². The van der Waals surface area contributed by atoms with Gasteiger partial charge in [-0.1, -0.05) is 0 Å². The van der Waals surface area contributed by atoms with Gasteiger partial charge < -0.3 is 10.0 Å². The van der Waals surface area contributed by atoms with Crippen LogP contribution in [0, 0.1) is 19.8 Å². The molecule has 0 radical (unpaired) electrons. The predicted molar refractivity (Wildman–Crippen MR) is 89.6 cm³/mol. The summed E-state index contributed by atoms with van der Waals surface area (Å²) >= 11 is 0. The average Bonchev–Trinajstić information content (AvgIpc) is 3.15. The Morgan fingerprint density at radius 1 is 1.26 bits per heavy atom. The molecule has 6 heteroatoms. The molecule has 0 unspecified atom stereocenters. The highest BCUT2D eigenvalue weighted by molar-refractivity contribution is 5.37. The molecule has 23 heavy (non-hydrogen) atoms. The third-order valence-corrected chi connectivity index (χ3v) is 4.75. The average molecular weight is 315 g/mol. The molecule has 3 rings (SSSR count). The SMILES string of the molecule is Cc1cnc(N2C[C@@H](CO)[C@H](c3cnn(C(C)C)c3)C2)nc1C. The molecular formula is C17H25N5O. The number of aryl methyl sites for hydroxylation is 2. The molecule has 2 aromatic rings. The number of hydrogen-bond acceptors (Lipinski definition) is 5. The van der Waals surface area contributed by atoms with Crippen LogP contribution in [0.15, 0.2) is 18.6 Å². The van der Waals surface area contributed by atoms with Gasteiger partial charge in [0.2, 0.25) is 5.95 Å². The van der Waals surface area contributed by atoms with Gasteiger partial charge in [0.25, 0.3) is 0 Å². The first-order chi connectivity index (χ1) is 11.0. The van der Waals surface area contributed by atoms with Crippen LogP contribution >= 0.6 is 0 Å². The summed E-state index contributed by atoms with van der Waals surface area (Å²) in [4.78, 5) is 11.2. The molecule has 1 saturated heterocycles. The zero-order chi connectivity index (χ0) is 16.6. The van der Waals surface area contributed by atoms with Crippen LogP contribution in [0.4, 0.5) is 5.95 Å². The standard InChI is InChI=1S/C17H25N5O/c1-11(2)22-8-14(6-19-22)16-9-21(7-15(16)10-23)17-18-5-12(3)13(4)20-17/h5-6,8,11,15-16,23H,7,9-10H2,1-4H3/t15-,16-/m0/s1. The van der Waals surface area contributed by atoms with Gasteiger partial charge in [0.15, 0.2) is 0 Å². The molecular weight excluding hydrogens is 290 g/mol. The number of hydrogen-bond donors (Lipinski definition) is 1. The minimum absolute atomic E-state index is 0.166. The predicted octanol–water partition coefficient (Wildman–Crippen LogP) is 2.08. The van der Waals surface area contributed by atoms with Crippen molar-refractivity contribution in [2.45, 2.75) is 39.7 Å². The van der Waals surface area contributed by atoms with Crippen molar-refractivity contribution in [3.63, 3.8) is 0 Å². The lowest BCUT2D eigenvalue weighted by molar-refractivity contribution is 0.227. The lowest BCUT2D eigenvalue weighted by atomic mass is 9.92. The molecule has 2 aromatic heterocycles. The second-order valence-electron chi connectivity index (χ2n) is 6.74. The van der Waals surface area contributed by atoms with Crippen molar-refractivity contribution in [2.24, 2.45) is 5.92 Å². The largest absolute Gasteiger partial charge is 0.396 e. The van der Waals surface area contributed by atoms with Crippen molar-refractivity contribution in [1.29, 1.82) is 0 Å². The molecule has 0 aliphatic carbocycles. The summed E-state index contributed by atoms with van der Waals surface area (Å²) < 4.78 is 1.97. The maximum atomic E-state index is 9.78. The van der Waals surface area contributed by atoms with E-state index in [1.54, 1.807) is 0 Å². The lowest BCUT2D eigenvalue weighted by Crippen LogP contribution is -2.23. The maximum Gasteiger partial charge on any atom is 0.225 e. The molecule has 0 bridgehead atoms. The summed E-state index contributed by atoms with van der Waals surface area (Å²) in [5.41, 5.74) is 3.29. The molecule has 0 spiro atoms. The highest BCUT2D eigenvalue weighted by Gasteiger charge is 2.35. The van der Waals surface area contributed by atoms with E-state index in [0.717, 1.165) is 30.3 Å². The summed E-state index contributed by atoms with van der Waals surface area (Å²) in [6.45, 7) is 10.0. The first-order valence-electron chi connectivity index (χ1n) is 8.19. The molecule has 6 nitrogen and oxygen atoms in total. The molecule has 1 aliphatic heterocycles. The summed E-state index contributed by atoms with van der Waals surface area (Å²) in [6, 6.07) is 0.344. The van der Waals surface area contributed by atoms with E-state index >= 15 is 0 Å². The van der Waals surface area contributed by atoms with Crippen molar-refractivity contribution < 1.29 is 5.11 Å². The van der Waals surface area contributed by atoms with E-state index in [2.05, 4.69) is 40.0 Å². The molecule has 124 valence electrons. The van der Waals surface area contributed by atoms with Crippen molar-refractivity contribution in [2.75, 3.05) is 24.6 Å². The van der Waals surface area contributed by atoms with Gasteiger partial charge in [-0.25, -0.2) is 9.97 Å². The Morgan fingerprint density at radius 3 is 2.65 bits per heavy atom. The van der Waals surface area contributed by atoms with E-state index < -0.39 is 0 Å². The van der Waals surface area contributed by atoms with Crippen LogP contribution < -0.4 is 4.90 Å². The number of anilines is 1. The molecule has 1 fully saturated rings. The van der Waals surface area contributed by atoms with E-state index in [9.17, 15) is 5.11 Å². The van der Waals surface area contributed by atoms with E-state index in [0.29, 0.717) is 6.04 Å². The van der Waals surface area contributed by atoms with Gasteiger partial charge >= 0.3 is 0 Å². The van der Waals surface area contributed by atoms with Crippen molar-refractivity contribution >= 4 is 5.95 Å². The lowest BCUT2D eigenvalue weighted by Gasteiger charge is -2.16. The second kappa shape index (κ2) is 6.28.